The molecule has 0 saturated carbocycles. The highest BCUT2D eigenvalue weighted by Crippen LogP contribution is 2.30. The Morgan fingerprint density at radius 3 is 2.81 bits per heavy atom. The molecule has 4 nitrogen and oxygen atoms in total. The number of hydrogen-bond donors (Lipinski definition) is 0. The van der Waals surface area contributed by atoms with Crippen molar-refractivity contribution in [1.82, 2.24) is 19.8 Å². The maximum absolute atomic E-state index is 5.95. The summed E-state index contributed by atoms with van der Waals surface area (Å²) in [7, 11) is 0. The van der Waals surface area contributed by atoms with Crippen LogP contribution in [0.5, 0.6) is 0 Å². The fraction of sp³-hybridized carbons (Fsp3) is 0. The second-order valence-corrected chi connectivity index (χ2v) is 4.86. The molecule has 0 radical (unpaired) electrons. The lowest BCUT2D eigenvalue weighted by Gasteiger charge is -1.98. The molecule has 0 amide bonds. The molecule has 2 aromatic heterocycles. The van der Waals surface area contributed by atoms with Gasteiger partial charge in [0.15, 0.2) is 0 Å². The molecule has 0 aliphatic rings. The average Bonchev–Trinajstić information content (AvgIpc) is 2.81. The van der Waals surface area contributed by atoms with Crippen LogP contribution in [0, 0.1) is 0 Å². The summed E-state index contributed by atoms with van der Waals surface area (Å²) >= 11 is 13.2. The second kappa shape index (κ2) is 3.69. The summed E-state index contributed by atoms with van der Waals surface area (Å²) in [6.07, 6.45) is 1.56. The van der Waals surface area contributed by atoms with Crippen molar-refractivity contribution in [3.8, 4) is 10.6 Å². The van der Waals surface area contributed by atoms with Crippen molar-refractivity contribution in [2.24, 2.45) is 0 Å². The Bertz CT molecular complexity index is 632. The highest BCUT2D eigenvalue weighted by molar-refractivity contribution is 7.19. The van der Waals surface area contributed by atoms with Crippen LogP contribution in [0.25, 0.3) is 15.5 Å². The molecule has 16 heavy (non-hydrogen) atoms. The SMILES string of the molecule is Clc1ccc(-c2nn3cnnc3s2)cc1Cl. The monoisotopic (exact) mass is 270 g/mol. The van der Waals surface area contributed by atoms with E-state index in [1.54, 1.807) is 23.0 Å². The molecule has 3 aromatic rings. The molecule has 0 unspecified atom stereocenters. The van der Waals surface area contributed by atoms with Crippen LogP contribution in [0.4, 0.5) is 0 Å². The standard InChI is InChI=1S/C9H4Cl2N4S/c10-6-2-1-5(3-7(6)11)8-14-15-4-12-13-9(15)16-8/h1-4H. The highest BCUT2D eigenvalue weighted by Gasteiger charge is 2.08. The van der Waals surface area contributed by atoms with E-state index < -0.39 is 0 Å². The molecule has 7 heteroatoms. The summed E-state index contributed by atoms with van der Waals surface area (Å²) in [6.45, 7) is 0. The minimum Gasteiger partial charge on any atom is -0.190 e. The van der Waals surface area contributed by atoms with Crippen LogP contribution >= 0.6 is 34.5 Å². The van der Waals surface area contributed by atoms with Gasteiger partial charge in [-0.1, -0.05) is 40.6 Å². The Kier molecular flexibility index (Phi) is 2.31. The van der Waals surface area contributed by atoms with Gasteiger partial charge in [0.2, 0.25) is 4.96 Å². The Morgan fingerprint density at radius 1 is 1.19 bits per heavy atom. The zero-order valence-electron chi connectivity index (χ0n) is 7.76. The van der Waals surface area contributed by atoms with E-state index in [-0.39, 0.29) is 0 Å². The smallest absolute Gasteiger partial charge is 0.190 e. The maximum atomic E-state index is 5.95. The molecule has 0 saturated heterocycles. The topological polar surface area (TPSA) is 43.1 Å². The molecule has 0 aliphatic heterocycles. The van der Waals surface area contributed by atoms with Crippen LogP contribution in [-0.2, 0) is 0 Å². The van der Waals surface area contributed by atoms with E-state index in [1.165, 1.54) is 11.3 Å². The minimum absolute atomic E-state index is 0.519. The van der Waals surface area contributed by atoms with Crippen LogP contribution in [0.3, 0.4) is 0 Å². The number of halogens is 2. The average molecular weight is 271 g/mol. The summed E-state index contributed by atoms with van der Waals surface area (Å²) in [6, 6.07) is 5.41. The van der Waals surface area contributed by atoms with Crippen molar-refractivity contribution >= 4 is 39.5 Å². The van der Waals surface area contributed by atoms with Gasteiger partial charge in [-0.25, -0.2) is 0 Å². The summed E-state index contributed by atoms with van der Waals surface area (Å²) in [5, 5.41) is 13.9. The normalized spacial score (nSPS) is 11.1. The molecular weight excluding hydrogens is 267 g/mol. The lowest BCUT2D eigenvalue weighted by Crippen LogP contribution is -1.82. The summed E-state index contributed by atoms with van der Waals surface area (Å²) in [5.74, 6) is 0. The third-order valence-corrected chi connectivity index (χ3v) is 3.75. The molecule has 80 valence electrons. The van der Waals surface area contributed by atoms with E-state index in [9.17, 15) is 0 Å². The van der Waals surface area contributed by atoms with E-state index >= 15 is 0 Å². The summed E-state index contributed by atoms with van der Waals surface area (Å²) in [5.41, 5.74) is 0.921. The van der Waals surface area contributed by atoms with E-state index in [4.69, 9.17) is 23.2 Å². The molecule has 3 rings (SSSR count). The first-order chi connectivity index (χ1) is 7.74. The van der Waals surface area contributed by atoms with Crippen molar-refractivity contribution < 1.29 is 0 Å². The zero-order valence-corrected chi connectivity index (χ0v) is 10.1. The van der Waals surface area contributed by atoms with Gasteiger partial charge < -0.3 is 0 Å². The third kappa shape index (κ3) is 1.57. The number of nitrogens with zero attached hydrogens (tertiary/aromatic N) is 4. The van der Waals surface area contributed by atoms with Crippen LogP contribution in [0.15, 0.2) is 24.5 Å². The van der Waals surface area contributed by atoms with Gasteiger partial charge in [0.05, 0.1) is 10.0 Å². The fourth-order valence-electron chi connectivity index (χ4n) is 1.31. The Hall–Kier alpha value is -1.17. The Labute approximate surface area is 104 Å². The van der Waals surface area contributed by atoms with Gasteiger partial charge in [-0.05, 0) is 12.1 Å². The molecule has 0 atom stereocenters. The van der Waals surface area contributed by atoms with E-state index in [0.29, 0.717) is 10.0 Å². The van der Waals surface area contributed by atoms with E-state index in [1.807, 2.05) is 6.07 Å². The van der Waals surface area contributed by atoms with E-state index in [2.05, 4.69) is 15.3 Å². The van der Waals surface area contributed by atoms with Crippen LogP contribution in [0.2, 0.25) is 10.0 Å². The summed E-state index contributed by atoms with van der Waals surface area (Å²) < 4.78 is 1.63. The summed E-state index contributed by atoms with van der Waals surface area (Å²) in [4.78, 5) is 0.751. The van der Waals surface area contributed by atoms with Crippen LogP contribution in [-0.4, -0.2) is 19.8 Å². The van der Waals surface area contributed by atoms with Gasteiger partial charge in [0.25, 0.3) is 0 Å². The predicted molar refractivity (Wildman–Crippen MR) is 64.1 cm³/mol. The first-order valence-corrected chi connectivity index (χ1v) is 5.93. The van der Waals surface area contributed by atoms with Crippen molar-refractivity contribution in [2.45, 2.75) is 0 Å². The van der Waals surface area contributed by atoms with Gasteiger partial charge in [0.1, 0.15) is 11.3 Å². The van der Waals surface area contributed by atoms with Gasteiger partial charge in [-0.15, -0.1) is 10.2 Å². The molecule has 0 N–H and O–H groups in total. The fourth-order valence-corrected chi connectivity index (χ4v) is 2.42. The lowest BCUT2D eigenvalue weighted by molar-refractivity contribution is 0.960. The van der Waals surface area contributed by atoms with Crippen molar-refractivity contribution in [3.05, 3.63) is 34.6 Å². The number of aromatic nitrogens is 4. The minimum atomic E-state index is 0.519. The molecule has 2 heterocycles. The molecule has 0 fully saturated rings. The van der Waals surface area contributed by atoms with Crippen molar-refractivity contribution in [2.75, 3.05) is 0 Å². The Balaban J connectivity index is 2.15. The number of benzene rings is 1. The molecular formula is C9H4Cl2N4S. The molecule has 0 bridgehead atoms. The van der Waals surface area contributed by atoms with Crippen molar-refractivity contribution in [3.63, 3.8) is 0 Å². The zero-order chi connectivity index (χ0) is 11.1. The number of hydrogen-bond acceptors (Lipinski definition) is 4. The number of fused-ring (bicyclic) bond motifs is 1. The highest BCUT2D eigenvalue weighted by atomic mass is 35.5. The Morgan fingerprint density at radius 2 is 2.06 bits per heavy atom. The lowest BCUT2D eigenvalue weighted by atomic mass is 10.2. The van der Waals surface area contributed by atoms with Crippen molar-refractivity contribution in [1.29, 1.82) is 0 Å². The first-order valence-electron chi connectivity index (χ1n) is 4.36. The number of rotatable bonds is 1. The van der Waals surface area contributed by atoms with Crippen LogP contribution in [0.1, 0.15) is 0 Å². The first kappa shape index (κ1) is 10.0. The van der Waals surface area contributed by atoms with Gasteiger partial charge >= 0.3 is 0 Å². The third-order valence-electron chi connectivity index (χ3n) is 2.05. The largest absolute Gasteiger partial charge is 0.234 e. The van der Waals surface area contributed by atoms with Gasteiger partial charge in [-0.3, -0.25) is 0 Å². The van der Waals surface area contributed by atoms with E-state index in [0.717, 1.165) is 15.5 Å². The second-order valence-electron chi connectivity index (χ2n) is 3.09. The predicted octanol–water partition coefficient (Wildman–Crippen LogP) is 3.16. The van der Waals surface area contributed by atoms with Gasteiger partial charge in [-0.2, -0.15) is 9.61 Å². The molecule has 1 aromatic carbocycles. The van der Waals surface area contributed by atoms with Crippen LogP contribution < -0.4 is 0 Å². The van der Waals surface area contributed by atoms with Gasteiger partial charge in [0, 0.05) is 5.56 Å². The molecule has 0 spiro atoms. The molecule has 0 aliphatic carbocycles. The maximum Gasteiger partial charge on any atom is 0.234 e. The quantitative estimate of drug-likeness (QED) is 0.682.